The van der Waals surface area contributed by atoms with Crippen LogP contribution in [0.3, 0.4) is 0 Å². The van der Waals surface area contributed by atoms with Crippen LogP contribution in [0.5, 0.6) is 0 Å². The summed E-state index contributed by atoms with van der Waals surface area (Å²) in [5.41, 5.74) is 8.05. The SMILES string of the molecule is CC(C)[C@H](N)c1nc2ccccc2[nH]1.Cl.Cl. The molecular weight excluding hydrogens is 245 g/mol. The van der Waals surface area contributed by atoms with E-state index in [1.807, 2.05) is 24.3 Å². The highest BCUT2D eigenvalue weighted by Gasteiger charge is 2.14. The molecule has 0 aliphatic carbocycles. The summed E-state index contributed by atoms with van der Waals surface area (Å²) in [5.74, 6) is 1.27. The Bertz CT molecular complexity index is 406. The molecule has 1 atom stereocenters. The van der Waals surface area contributed by atoms with Gasteiger partial charge >= 0.3 is 0 Å². The van der Waals surface area contributed by atoms with E-state index in [1.54, 1.807) is 0 Å². The number of halogens is 2. The number of aromatic amines is 1. The zero-order chi connectivity index (χ0) is 10.1. The quantitative estimate of drug-likeness (QED) is 0.873. The van der Waals surface area contributed by atoms with E-state index in [2.05, 4.69) is 23.8 Å². The van der Waals surface area contributed by atoms with Crippen molar-refractivity contribution < 1.29 is 0 Å². The number of hydrogen-bond acceptors (Lipinski definition) is 2. The normalized spacial score (nSPS) is 12.0. The lowest BCUT2D eigenvalue weighted by Crippen LogP contribution is -2.17. The highest BCUT2D eigenvalue weighted by molar-refractivity contribution is 5.85. The minimum atomic E-state index is -0.0117. The van der Waals surface area contributed by atoms with E-state index in [4.69, 9.17) is 5.73 Å². The van der Waals surface area contributed by atoms with Crippen LogP contribution in [0.4, 0.5) is 0 Å². The van der Waals surface area contributed by atoms with Gasteiger partial charge in [0.25, 0.3) is 0 Å². The highest BCUT2D eigenvalue weighted by Crippen LogP contribution is 2.19. The number of nitrogens with two attached hydrogens (primary N) is 1. The van der Waals surface area contributed by atoms with Crippen LogP contribution in [0.1, 0.15) is 25.7 Å². The average molecular weight is 262 g/mol. The third kappa shape index (κ3) is 2.88. The molecule has 5 heteroatoms. The fourth-order valence-electron chi connectivity index (χ4n) is 1.45. The molecule has 0 saturated heterocycles. The van der Waals surface area contributed by atoms with Crippen molar-refractivity contribution in [1.29, 1.82) is 0 Å². The maximum absolute atomic E-state index is 6.01. The van der Waals surface area contributed by atoms with Crippen molar-refractivity contribution in [1.82, 2.24) is 9.97 Å². The molecule has 16 heavy (non-hydrogen) atoms. The molecule has 1 aromatic carbocycles. The first-order valence-corrected chi connectivity index (χ1v) is 4.88. The van der Waals surface area contributed by atoms with Gasteiger partial charge in [0.2, 0.25) is 0 Å². The molecule has 0 spiro atoms. The standard InChI is InChI=1S/C11H15N3.2ClH/c1-7(2)10(12)11-13-8-5-3-4-6-9(8)14-11;;/h3-7,10H,12H2,1-2H3,(H,13,14);2*1H/t10-;;/m0../s1. The summed E-state index contributed by atoms with van der Waals surface area (Å²) in [6.45, 7) is 4.19. The number of aromatic nitrogens is 2. The third-order valence-corrected chi connectivity index (χ3v) is 2.44. The second kappa shape index (κ2) is 6.09. The van der Waals surface area contributed by atoms with Crippen LogP contribution in [0, 0.1) is 5.92 Å². The number of fused-ring (bicyclic) bond motifs is 1. The lowest BCUT2D eigenvalue weighted by Gasteiger charge is -2.11. The molecule has 1 aromatic heterocycles. The lowest BCUT2D eigenvalue weighted by molar-refractivity contribution is 0.495. The molecule has 0 aliphatic rings. The Balaban J connectivity index is 0.00000112. The van der Waals surface area contributed by atoms with Gasteiger partial charge in [-0.15, -0.1) is 24.8 Å². The van der Waals surface area contributed by atoms with E-state index >= 15 is 0 Å². The van der Waals surface area contributed by atoms with Crippen LogP contribution in [-0.4, -0.2) is 9.97 Å². The zero-order valence-electron chi connectivity index (χ0n) is 9.31. The van der Waals surface area contributed by atoms with Gasteiger partial charge in [0.1, 0.15) is 5.82 Å². The Morgan fingerprint density at radius 1 is 1.19 bits per heavy atom. The predicted octanol–water partition coefficient (Wildman–Crippen LogP) is 3.06. The summed E-state index contributed by atoms with van der Waals surface area (Å²) in [6, 6.07) is 7.96. The largest absolute Gasteiger partial charge is 0.341 e. The molecule has 0 aliphatic heterocycles. The van der Waals surface area contributed by atoms with E-state index in [0.717, 1.165) is 16.9 Å². The fraction of sp³-hybridized carbons (Fsp3) is 0.364. The predicted molar refractivity (Wildman–Crippen MR) is 72.4 cm³/mol. The Kier molecular flexibility index (Phi) is 5.79. The topological polar surface area (TPSA) is 54.7 Å². The van der Waals surface area contributed by atoms with Gasteiger partial charge in [-0.2, -0.15) is 0 Å². The van der Waals surface area contributed by atoms with Gasteiger partial charge in [0.15, 0.2) is 0 Å². The van der Waals surface area contributed by atoms with E-state index in [0.29, 0.717) is 5.92 Å². The molecule has 0 fully saturated rings. The number of hydrogen-bond donors (Lipinski definition) is 2. The van der Waals surface area contributed by atoms with Gasteiger partial charge in [-0.1, -0.05) is 26.0 Å². The number of imidazole rings is 1. The highest BCUT2D eigenvalue weighted by atomic mass is 35.5. The second-order valence-corrected chi connectivity index (χ2v) is 3.91. The van der Waals surface area contributed by atoms with Gasteiger partial charge in [-0.25, -0.2) is 4.98 Å². The van der Waals surface area contributed by atoms with Crippen LogP contribution in [0.25, 0.3) is 11.0 Å². The minimum Gasteiger partial charge on any atom is -0.341 e. The minimum absolute atomic E-state index is 0. The third-order valence-electron chi connectivity index (χ3n) is 2.44. The fourth-order valence-corrected chi connectivity index (χ4v) is 1.45. The maximum Gasteiger partial charge on any atom is 0.124 e. The Morgan fingerprint density at radius 2 is 1.81 bits per heavy atom. The molecule has 0 saturated carbocycles. The second-order valence-electron chi connectivity index (χ2n) is 3.91. The maximum atomic E-state index is 6.01. The van der Waals surface area contributed by atoms with Crippen molar-refractivity contribution in [2.24, 2.45) is 11.7 Å². The van der Waals surface area contributed by atoms with E-state index in [1.165, 1.54) is 0 Å². The zero-order valence-corrected chi connectivity index (χ0v) is 10.9. The number of para-hydroxylation sites is 2. The summed E-state index contributed by atoms with van der Waals surface area (Å²) in [4.78, 5) is 7.69. The van der Waals surface area contributed by atoms with Gasteiger partial charge in [-0.3, -0.25) is 0 Å². The monoisotopic (exact) mass is 261 g/mol. The number of nitrogens with zero attached hydrogens (tertiary/aromatic N) is 1. The molecule has 0 radical (unpaired) electrons. The van der Waals surface area contributed by atoms with Gasteiger partial charge < -0.3 is 10.7 Å². The number of H-pyrrole nitrogens is 1. The van der Waals surface area contributed by atoms with E-state index < -0.39 is 0 Å². The molecule has 2 aromatic rings. The van der Waals surface area contributed by atoms with Gasteiger partial charge in [0, 0.05) is 0 Å². The lowest BCUT2D eigenvalue weighted by atomic mass is 10.1. The first-order valence-electron chi connectivity index (χ1n) is 4.88. The van der Waals surface area contributed by atoms with Gasteiger partial charge in [0.05, 0.1) is 17.1 Å². The molecule has 2 rings (SSSR count). The van der Waals surface area contributed by atoms with Crippen LogP contribution in [-0.2, 0) is 0 Å². The van der Waals surface area contributed by atoms with Crippen molar-refractivity contribution in [3.63, 3.8) is 0 Å². The van der Waals surface area contributed by atoms with Crippen molar-refractivity contribution >= 4 is 35.8 Å². The van der Waals surface area contributed by atoms with E-state index in [-0.39, 0.29) is 30.9 Å². The summed E-state index contributed by atoms with van der Waals surface area (Å²) < 4.78 is 0. The molecule has 0 unspecified atom stereocenters. The van der Waals surface area contributed by atoms with Crippen molar-refractivity contribution in [3.8, 4) is 0 Å². The van der Waals surface area contributed by atoms with Crippen molar-refractivity contribution in [3.05, 3.63) is 30.1 Å². The van der Waals surface area contributed by atoms with Gasteiger partial charge in [-0.05, 0) is 18.1 Å². The number of rotatable bonds is 2. The summed E-state index contributed by atoms with van der Waals surface area (Å²) in [5, 5.41) is 0. The van der Waals surface area contributed by atoms with Crippen LogP contribution >= 0.6 is 24.8 Å². The van der Waals surface area contributed by atoms with E-state index in [9.17, 15) is 0 Å². The molecule has 3 nitrogen and oxygen atoms in total. The first kappa shape index (κ1) is 15.2. The molecule has 0 amide bonds. The average Bonchev–Trinajstić information content (AvgIpc) is 2.59. The smallest absolute Gasteiger partial charge is 0.124 e. The molecular formula is C11H17Cl2N3. The number of nitrogens with one attached hydrogen (secondary N) is 1. The molecule has 3 N–H and O–H groups in total. The summed E-state index contributed by atoms with van der Waals surface area (Å²) in [6.07, 6.45) is 0. The Labute approximate surface area is 108 Å². The molecule has 1 heterocycles. The first-order chi connectivity index (χ1) is 6.68. The van der Waals surface area contributed by atoms with Crippen molar-refractivity contribution in [2.75, 3.05) is 0 Å². The van der Waals surface area contributed by atoms with Crippen molar-refractivity contribution in [2.45, 2.75) is 19.9 Å². The van der Waals surface area contributed by atoms with Crippen LogP contribution < -0.4 is 5.73 Å². The van der Waals surface area contributed by atoms with Crippen LogP contribution in [0.2, 0.25) is 0 Å². The summed E-state index contributed by atoms with van der Waals surface area (Å²) in [7, 11) is 0. The van der Waals surface area contributed by atoms with Crippen LogP contribution in [0.15, 0.2) is 24.3 Å². The Morgan fingerprint density at radius 3 is 2.38 bits per heavy atom. The Hall–Kier alpha value is -0.770. The number of benzene rings is 1. The molecule has 0 bridgehead atoms. The summed E-state index contributed by atoms with van der Waals surface area (Å²) >= 11 is 0. The molecule has 90 valence electrons.